The number of fused-ring (bicyclic) bond motifs is 1. The van der Waals surface area contributed by atoms with Gasteiger partial charge in [0.2, 0.25) is 5.91 Å². The fraction of sp³-hybridized carbons (Fsp3) is 0.190. The van der Waals surface area contributed by atoms with E-state index in [9.17, 15) is 31.5 Å². The molecule has 1 aliphatic rings. The lowest BCUT2D eigenvalue weighted by atomic mass is 10.0. The molecule has 0 bridgehead atoms. The third-order valence-corrected chi connectivity index (χ3v) is 5.55. The van der Waals surface area contributed by atoms with Gasteiger partial charge in [0.25, 0.3) is 5.91 Å². The summed E-state index contributed by atoms with van der Waals surface area (Å²) < 4.78 is 68.3. The Morgan fingerprint density at radius 2 is 1.89 bits per heavy atom. The molecule has 1 aliphatic heterocycles. The third kappa shape index (κ3) is 4.83. The van der Waals surface area contributed by atoms with Crippen molar-refractivity contribution in [1.29, 1.82) is 0 Å². The summed E-state index contributed by atoms with van der Waals surface area (Å²) in [6.45, 7) is -0.319. The zero-order valence-electron chi connectivity index (χ0n) is 17.5. The summed E-state index contributed by atoms with van der Waals surface area (Å²) in [5.41, 5.74) is 9.70. The molecule has 14 heteroatoms. The maximum absolute atomic E-state index is 14.0. The average molecular weight is 515 g/mol. The number of halogens is 6. The summed E-state index contributed by atoms with van der Waals surface area (Å²) in [4.78, 5) is 29.3. The van der Waals surface area contributed by atoms with Crippen molar-refractivity contribution in [3.63, 3.8) is 0 Å². The molecule has 2 heterocycles. The predicted octanol–water partition coefficient (Wildman–Crippen LogP) is 3.22. The van der Waals surface area contributed by atoms with E-state index in [0.717, 1.165) is 12.1 Å². The molecule has 2 aromatic carbocycles. The first-order chi connectivity index (χ1) is 16.3. The Balaban J connectivity index is 1.82. The molecule has 0 saturated carbocycles. The maximum atomic E-state index is 14.0. The fourth-order valence-electron chi connectivity index (χ4n) is 3.73. The van der Waals surface area contributed by atoms with Gasteiger partial charge >= 0.3 is 6.18 Å². The van der Waals surface area contributed by atoms with Gasteiger partial charge in [0.15, 0.2) is 5.82 Å². The molecule has 35 heavy (non-hydrogen) atoms. The molecule has 1 aromatic heterocycles. The van der Waals surface area contributed by atoms with E-state index < -0.39 is 53.0 Å². The van der Waals surface area contributed by atoms with Crippen molar-refractivity contribution in [2.75, 3.05) is 5.32 Å². The molecule has 8 nitrogen and oxygen atoms in total. The average Bonchev–Trinajstić information content (AvgIpc) is 3.12. The van der Waals surface area contributed by atoms with E-state index in [0.29, 0.717) is 12.1 Å². The molecule has 0 radical (unpaired) electrons. The molecule has 1 unspecified atom stereocenters. The number of rotatable bonds is 4. The minimum absolute atomic E-state index is 0.0436. The first kappa shape index (κ1) is 24.6. The molecule has 0 aliphatic carbocycles. The number of anilines is 1. The van der Waals surface area contributed by atoms with Crippen LogP contribution >= 0.6 is 11.6 Å². The number of benzene rings is 2. The molecule has 2 amide bonds. The molecular formula is C21H16ClF5N6O2. The summed E-state index contributed by atoms with van der Waals surface area (Å²) in [5, 5.41) is 4.99. The van der Waals surface area contributed by atoms with Crippen LogP contribution in [0.25, 0.3) is 0 Å². The van der Waals surface area contributed by atoms with Crippen LogP contribution in [-0.4, -0.2) is 21.4 Å². The summed E-state index contributed by atoms with van der Waals surface area (Å²) in [6.07, 6.45) is -6.12. The quantitative estimate of drug-likeness (QED) is 0.314. The van der Waals surface area contributed by atoms with E-state index in [4.69, 9.17) is 23.1 Å². The van der Waals surface area contributed by atoms with Gasteiger partial charge in [0, 0.05) is 16.1 Å². The smallest absolute Gasteiger partial charge is 0.342 e. The SMILES string of the molecule is NC(N)c1nc(NC(=O)c2cc(F)cc(C(F)(F)F)c2)c2n1CC(=O)NC2c1cc(F)ccc1Cl. The largest absolute Gasteiger partial charge is 0.416 e. The lowest BCUT2D eigenvalue weighted by Crippen LogP contribution is -2.41. The number of imidazole rings is 1. The fourth-order valence-corrected chi connectivity index (χ4v) is 3.96. The molecule has 4 rings (SSSR count). The lowest BCUT2D eigenvalue weighted by Gasteiger charge is -2.28. The van der Waals surface area contributed by atoms with Crippen molar-refractivity contribution in [1.82, 2.24) is 14.9 Å². The van der Waals surface area contributed by atoms with Gasteiger partial charge in [-0.25, -0.2) is 13.8 Å². The Bertz CT molecular complexity index is 1340. The second-order valence-corrected chi connectivity index (χ2v) is 8.07. The van der Waals surface area contributed by atoms with Gasteiger partial charge in [-0.05, 0) is 36.4 Å². The zero-order valence-corrected chi connectivity index (χ0v) is 18.2. The van der Waals surface area contributed by atoms with Gasteiger partial charge in [-0.2, -0.15) is 13.2 Å². The Hall–Kier alpha value is -3.55. The molecular weight excluding hydrogens is 499 g/mol. The van der Waals surface area contributed by atoms with Crippen LogP contribution in [0.1, 0.15) is 45.2 Å². The Morgan fingerprint density at radius 3 is 2.54 bits per heavy atom. The zero-order chi connectivity index (χ0) is 25.7. The number of aromatic nitrogens is 2. The number of carbonyl (C=O) groups is 2. The number of nitrogens with two attached hydrogens (primary N) is 2. The van der Waals surface area contributed by atoms with Crippen LogP contribution < -0.4 is 22.1 Å². The highest BCUT2D eigenvalue weighted by Gasteiger charge is 2.36. The van der Waals surface area contributed by atoms with Gasteiger partial charge < -0.3 is 26.7 Å². The molecule has 0 saturated heterocycles. The molecule has 0 fully saturated rings. The van der Waals surface area contributed by atoms with Crippen LogP contribution in [-0.2, 0) is 17.5 Å². The van der Waals surface area contributed by atoms with Gasteiger partial charge in [-0.1, -0.05) is 11.6 Å². The Morgan fingerprint density at radius 1 is 1.17 bits per heavy atom. The first-order valence-electron chi connectivity index (χ1n) is 9.90. The highest BCUT2D eigenvalue weighted by molar-refractivity contribution is 6.31. The summed E-state index contributed by atoms with van der Waals surface area (Å²) in [6, 6.07) is 3.62. The van der Waals surface area contributed by atoms with E-state index in [1.807, 2.05) is 0 Å². The number of alkyl halides is 3. The van der Waals surface area contributed by atoms with E-state index in [2.05, 4.69) is 15.6 Å². The first-order valence-corrected chi connectivity index (χ1v) is 10.3. The monoisotopic (exact) mass is 514 g/mol. The van der Waals surface area contributed by atoms with Gasteiger partial charge in [-0.3, -0.25) is 9.59 Å². The number of nitrogens with one attached hydrogen (secondary N) is 2. The Kier molecular flexibility index (Phi) is 6.25. The number of hydrogen-bond acceptors (Lipinski definition) is 5. The van der Waals surface area contributed by atoms with E-state index in [1.54, 1.807) is 0 Å². The van der Waals surface area contributed by atoms with Crippen LogP contribution in [0.15, 0.2) is 36.4 Å². The van der Waals surface area contributed by atoms with Gasteiger partial charge in [0.1, 0.15) is 30.2 Å². The second kappa shape index (κ2) is 8.91. The van der Waals surface area contributed by atoms with Gasteiger partial charge in [0.05, 0.1) is 17.3 Å². The summed E-state index contributed by atoms with van der Waals surface area (Å²) in [5.74, 6) is -3.89. The van der Waals surface area contributed by atoms with Crippen molar-refractivity contribution >= 4 is 29.2 Å². The molecule has 6 N–H and O–H groups in total. The minimum atomic E-state index is -4.90. The lowest BCUT2D eigenvalue weighted by molar-refractivity contribution is -0.137. The Labute approximate surface area is 199 Å². The highest BCUT2D eigenvalue weighted by atomic mass is 35.5. The van der Waals surface area contributed by atoms with Crippen LogP contribution in [0.4, 0.5) is 27.8 Å². The van der Waals surface area contributed by atoms with E-state index >= 15 is 0 Å². The number of carbonyl (C=O) groups excluding carboxylic acids is 2. The summed E-state index contributed by atoms with van der Waals surface area (Å²) in [7, 11) is 0. The molecule has 3 aromatic rings. The topological polar surface area (TPSA) is 128 Å². The van der Waals surface area contributed by atoms with E-state index in [1.165, 1.54) is 10.6 Å². The van der Waals surface area contributed by atoms with Gasteiger partial charge in [-0.15, -0.1) is 0 Å². The van der Waals surface area contributed by atoms with Crippen molar-refractivity contribution in [2.24, 2.45) is 11.5 Å². The standard InChI is InChI=1S/C21H16ClF5N6O2/c22-13-2-1-10(23)6-12(13)15-16-18(31-19(17(28)29)33(16)7-14(34)30-15)32-20(35)8-3-9(21(25,26)27)5-11(24)4-8/h1-6,15,17H,7,28-29H2,(H,30,34)(H,32,35). The normalized spacial score (nSPS) is 15.7. The van der Waals surface area contributed by atoms with Crippen LogP contribution in [0.5, 0.6) is 0 Å². The molecule has 0 spiro atoms. The predicted molar refractivity (Wildman–Crippen MR) is 114 cm³/mol. The summed E-state index contributed by atoms with van der Waals surface area (Å²) >= 11 is 6.21. The van der Waals surface area contributed by atoms with Crippen molar-refractivity contribution in [2.45, 2.75) is 24.9 Å². The number of hydrogen-bond donors (Lipinski definition) is 4. The number of amides is 2. The molecule has 184 valence electrons. The molecule has 1 atom stereocenters. The van der Waals surface area contributed by atoms with Crippen LogP contribution in [0, 0.1) is 11.6 Å². The van der Waals surface area contributed by atoms with Crippen LogP contribution in [0.3, 0.4) is 0 Å². The minimum Gasteiger partial charge on any atom is -0.342 e. The van der Waals surface area contributed by atoms with E-state index in [-0.39, 0.29) is 40.5 Å². The maximum Gasteiger partial charge on any atom is 0.416 e. The second-order valence-electron chi connectivity index (χ2n) is 7.66. The van der Waals surface area contributed by atoms with Crippen LogP contribution in [0.2, 0.25) is 5.02 Å². The highest BCUT2D eigenvalue weighted by Crippen LogP contribution is 2.37. The third-order valence-electron chi connectivity index (χ3n) is 5.20. The van der Waals surface area contributed by atoms with Crippen molar-refractivity contribution in [3.05, 3.63) is 81.3 Å². The van der Waals surface area contributed by atoms with Crippen molar-refractivity contribution < 1.29 is 31.5 Å². The van der Waals surface area contributed by atoms with Crippen molar-refractivity contribution in [3.8, 4) is 0 Å². The number of nitrogens with zero attached hydrogens (tertiary/aromatic N) is 2.